The first-order chi connectivity index (χ1) is 7.06. The van der Waals surface area contributed by atoms with Crippen LogP contribution < -0.4 is 4.72 Å². The standard InChI is InChI=1S/C8H15N3O3S/c1-3-14-7(2)6-10-15(12,13)8-4-5-9-11-8/h4-5,7,10H,3,6H2,1-2H3,(H,9,11). The molecule has 0 fully saturated rings. The van der Waals surface area contributed by atoms with Crippen LogP contribution in [0.2, 0.25) is 0 Å². The summed E-state index contributed by atoms with van der Waals surface area (Å²) in [6.45, 7) is 4.47. The third kappa shape index (κ3) is 3.61. The van der Waals surface area contributed by atoms with Crippen LogP contribution in [-0.4, -0.2) is 37.9 Å². The Morgan fingerprint density at radius 3 is 2.93 bits per heavy atom. The van der Waals surface area contributed by atoms with Gasteiger partial charge in [0.25, 0.3) is 10.0 Å². The fourth-order valence-corrected chi connectivity index (χ4v) is 2.06. The van der Waals surface area contributed by atoms with Crippen LogP contribution in [0.3, 0.4) is 0 Å². The van der Waals surface area contributed by atoms with Gasteiger partial charge in [-0.25, -0.2) is 13.1 Å². The second-order valence-electron chi connectivity index (χ2n) is 3.04. The van der Waals surface area contributed by atoms with Gasteiger partial charge in [0.1, 0.15) is 0 Å². The van der Waals surface area contributed by atoms with Gasteiger partial charge in [-0.05, 0) is 19.9 Å². The van der Waals surface area contributed by atoms with Gasteiger partial charge in [0.2, 0.25) is 0 Å². The van der Waals surface area contributed by atoms with Crippen molar-refractivity contribution >= 4 is 10.0 Å². The third-order valence-electron chi connectivity index (χ3n) is 1.78. The Kier molecular flexibility index (Phi) is 4.25. The van der Waals surface area contributed by atoms with Gasteiger partial charge in [-0.2, -0.15) is 5.10 Å². The highest BCUT2D eigenvalue weighted by molar-refractivity contribution is 7.89. The summed E-state index contributed by atoms with van der Waals surface area (Å²) in [6, 6.07) is 1.40. The highest BCUT2D eigenvalue weighted by Crippen LogP contribution is 2.02. The molecule has 86 valence electrons. The van der Waals surface area contributed by atoms with E-state index in [-0.39, 0.29) is 17.7 Å². The molecule has 0 radical (unpaired) electrons. The van der Waals surface area contributed by atoms with Gasteiger partial charge in [0, 0.05) is 13.2 Å². The molecular weight excluding hydrogens is 218 g/mol. The molecule has 1 atom stereocenters. The topological polar surface area (TPSA) is 84.1 Å². The highest BCUT2D eigenvalue weighted by Gasteiger charge is 2.15. The number of rotatable bonds is 6. The molecule has 0 aliphatic rings. The van der Waals surface area contributed by atoms with Gasteiger partial charge in [-0.15, -0.1) is 0 Å². The van der Waals surface area contributed by atoms with Crippen molar-refractivity contribution in [3.8, 4) is 0 Å². The van der Waals surface area contributed by atoms with E-state index >= 15 is 0 Å². The van der Waals surface area contributed by atoms with Crippen molar-refractivity contribution < 1.29 is 13.2 Å². The predicted molar refractivity (Wildman–Crippen MR) is 54.9 cm³/mol. The molecule has 0 bridgehead atoms. The average Bonchev–Trinajstić information content (AvgIpc) is 2.69. The van der Waals surface area contributed by atoms with Crippen LogP contribution in [0.4, 0.5) is 0 Å². The zero-order chi connectivity index (χ0) is 11.3. The summed E-state index contributed by atoms with van der Waals surface area (Å²) >= 11 is 0. The molecule has 0 saturated carbocycles. The van der Waals surface area contributed by atoms with E-state index in [0.29, 0.717) is 6.61 Å². The Balaban J connectivity index is 2.52. The fraction of sp³-hybridized carbons (Fsp3) is 0.625. The van der Waals surface area contributed by atoms with Crippen molar-refractivity contribution in [2.24, 2.45) is 0 Å². The first kappa shape index (κ1) is 12.2. The van der Waals surface area contributed by atoms with Crippen LogP contribution in [0.25, 0.3) is 0 Å². The zero-order valence-corrected chi connectivity index (χ0v) is 9.54. The quantitative estimate of drug-likeness (QED) is 0.730. The molecule has 1 heterocycles. The Morgan fingerprint density at radius 1 is 1.67 bits per heavy atom. The molecular formula is C8H15N3O3S. The summed E-state index contributed by atoms with van der Waals surface area (Å²) in [5.74, 6) is 0. The van der Waals surface area contributed by atoms with E-state index in [2.05, 4.69) is 14.9 Å². The van der Waals surface area contributed by atoms with Crippen LogP contribution in [0.1, 0.15) is 13.8 Å². The molecule has 2 N–H and O–H groups in total. The van der Waals surface area contributed by atoms with E-state index in [1.165, 1.54) is 12.3 Å². The molecule has 0 spiro atoms. The third-order valence-corrected chi connectivity index (χ3v) is 3.13. The van der Waals surface area contributed by atoms with Gasteiger partial charge in [-0.3, -0.25) is 5.10 Å². The number of aromatic nitrogens is 2. The molecule has 15 heavy (non-hydrogen) atoms. The van der Waals surface area contributed by atoms with Crippen molar-refractivity contribution in [1.29, 1.82) is 0 Å². The molecule has 1 aromatic rings. The van der Waals surface area contributed by atoms with Crippen LogP contribution >= 0.6 is 0 Å². The van der Waals surface area contributed by atoms with Crippen molar-refractivity contribution in [1.82, 2.24) is 14.9 Å². The number of hydrogen-bond donors (Lipinski definition) is 2. The number of sulfonamides is 1. The maximum absolute atomic E-state index is 11.6. The van der Waals surface area contributed by atoms with Crippen LogP contribution in [0.15, 0.2) is 17.3 Å². The maximum Gasteiger partial charge on any atom is 0.257 e. The number of ether oxygens (including phenoxy) is 1. The van der Waals surface area contributed by atoms with Gasteiger partial charge in [0.15, 0.2) is 5.03 Å². The summed E-state index contributed by atoms with van der Waals surface area (Å²) in [4.78, 5) is 0. The normalized spacial score (nSPS) is 14.0. The summed E-state index contributed by atoms with van der Waals surface area (Å²) in [6.07, 6.45) is 1.24. The lowest BCUT2D eigenvalue weighted by Crippen LogP contribution is -2.32. The van der Waals surface area contributed by atoms with Crippen LogP contribution in [-0.2, 0) is 14.8 Å². The van der Waals surface area contributed by atoms with Gasteiger partial charge in [0.05, 0.1) is 12.3 Å². The van der Waals surface area contributed by atoms with Crippen molar-refractivity contribution in [3.05, 3.63) is 12.3 Å². The highest BCUT2D eigenvalue weighted by atomic mass is 32.2. The number of nitrogens with one attached hydrogen (secondary N) is 2. The number of nitrogens with zero attached hydrogens (tertiary/aromatic N) is 1. The van der Waals surface area contributed by atoms with Gasteiger partial charge in [-0.1, -0.05) is 0 Å². The molecule has 0 saturated heterocycles. The van der Waals surface area contributed by atoms with Gasteiger partial charge < -0.3 is 4.74 Å². The molecule has 6 nitrogen and oxygen atoms in total. The molecule has 1 rings (SSSR count). The second-order valence-corrected chi connectivity index (χ2v) is 4.77. The minimum atomic E-state index is -3.48. The Morgan fingerprint density at radius 2 is 2.40 bits per heavy atom. The molecule has 7 heteroatoms. The lowest BCUT2D eigenvalue weighted by molar-refractivity contribution is 0.0799. The lowest BCUT2D eigenvalue weighted by atomic mass is 10.4. The van der Waals surface area contributed by atoms with E-state index in [1.807, 2.05) is 6.92 Å². The Bertz CT molecular complexity index is 374. The second kappa shape index (κ2) is 5.24. The fourth-order valence-electron chi connectivity index (χ4n) is 1.04. The average molecular weight is 233 g/mol. The van der Waals surface area contributed by atoms with Crippen LogP contribution in [0, 0.1) is 0 Å². The van der Waals surface area contributed by atoms with Crippen molar-refractivity contribution in [3.63, 3.8) is 0 Å². The summed E-state index contributed by atoms with van der Waals surface area (Å²) in [5, 5.41) is 6.03. The van der Waals surface area contributed by atoms with E-state index in [9.17, 15) is 8.42 Å². The van der Waals surface area contributed by atoms with E-state index in [0.717, 1.165) is 0 Å². The maximum atomic E-state index is 11.6. The summed E-state index contributed by atoms with van der Waals surface area (Å²) in [7, 11) is -3.48. The first-order valence-corrected chi connectivity index (χ1v) is 6.15. The monoisotopic (exact) mass is 233 g/mol. The lowest BCUT2D eigenvalue weighted by Gasteiger charge is -2.11. The SMILES string of the molecule is CCOC(C)CNS(=O)(=O)c1ccn[nH]1. The molecule has 0 aromatic carbocycles. The van der Waals surface area contributed by atoms with E-state index in [4.69, 9.17) is 4.74 Å². The molecule has 0 amide bonds. The van der Waals surface area contributed by atoms with Gasteiger partial charge >= 0.3 is 0 Å². The molecule has 1 unspecified atom stereocenters. The van der Waals surface area contributed by atoms with Crippen molar-refractivity contribution in [2.75, 3.05) is 13.2 Å². The number of H-pyrrole nitrogens is 1. The smallest absolute Gasteiger partial charge is 0.257 e. The van der Waals surface area contributed by atoms with E-state index in [1.54, 1.807) is 6.92 Å². The summed E-state index contributed by atoms with van der Waals surface area (Å²) in [5.41, 5.74) is 0. The zero-order valence-electron chi connectivity index (χ0n) is 8.73. The summed E-state index contributed by atoms with van der Waals surface area (Å²) < 4.78 is 30.8. The number of aromatic amines is 1. The van der Waals surface area contributed by atoms with E-state index < -0.39 is 10.0 Å². The largest absolute Gasteiger partial charge is 0.377 e. The van der Waals surface area contributed by atoms with Crippen LogP contribution in [0.5, 0.6) is 0 Å². The van der Waals surface area contributed by atoms with Crippen molar-refractivity contribution in [2.45, 2.75) is 25.0 Å². The molecule has 0 aliphatic carbocycles. The number of hydrogen-bond acceptors (Lipinski definition) is 4. The molecule has 0 aliphatic heterocycles. The molecule has 1 aromatic heterocycles. The predicted octanol–water partition coefficient (Wildman–Crippen LogP) is 0.113. The minimum Gasteiger partial charge on any atom is -0.377 e. The Hall–Kier alpha value is -0.920. The minimum absolute atomic E-state index is 0.0613. The Labute approximate surface area is 89.1 Å². The first-order valence-electron chi connectivity index (χ1n) is 4.67.